The molecule has 0 aliphatic heterocycles. The second-order valence-electron chi connectivity index (χ2n) is 3.20. The van der Waals surface area contributed by atoms with Crippen LogP contribution in [0.15, 0.2) is 33.9 Å². The van der Waals surface area contributed by atoms with E-state index < -0.39 is 16.7 Å². The molecule has 0 saturated heterocycles. The topological polar surface area (TPSA) is 55.4 Å². The minimum Gasteiger partial charge on any atom is -0.491 e. The first kappa shape index (κ1) is 10.4. The lowest BCUT2D eigenvalue weighted by Gasteiger charge is -2.11. The minimum atomic E-state index is -0.665. The Morgan fingerprint density at radius 2 is 2.00 bits per heavy atom. The van der Waals surface area contributed by atoms with Crippen LogP contribution >= 0.6 is 0 Å². The molecule has 0 aliphatic carbocycles. The van der Waals surface area contributed by atoms with Crippen LogP contribution in [0.1, 0.15) is 0 Å². The lowest BCUT2D eigenvalue weighted by Crippen LogP contribution is -2.34. The van der Waals surface area contributed by atoms with Crippen molar-refractivity contribution in [2.24, 2.45) is 0 Å². The van der Waals surface area contributed by atoms with E-state index in [2.05, 4.69) is 5.32 Å². The summed E-state index contributed by atoms with van der Waals surface area (Å²) in [5.41, 5.74) is -0.856. The third-order valence-electron chi connectivity index (χ3n) is 2.16. The highest BCUT2D eigenvalue weighted by molar-refractivity contribution is 5.69. The number of ether oxygens (including phenoxy) is 1. The van der Waals surface area contributed by atoms with Crippen LogP contribution in [-0.4, -0.2) is 7.11 Å². The second-order valence-corrected chi connectivity index (χ2v) is 3.20. The molecule has 0 aromatic heterocycles. The lowest BCUT2D eigenvalue weighted by atomic mass is 10.2. The molecule has 0 fully saturated rings. The van der Waals surface area contributed by atoms with Crippen molar-refractivity contribution in [2.75, 3.05) is 12.4 Å². The van der Waals surface area contributed by atoms with Gasteiger partial charge in [0.15, 0.2) is 5.75 Å². The molecule has 2 aromatic carbocycles. The number of methoxy groups -OCH3 is 1. The fraction of sp³-hybridized carbons (Fsp3) is 0.0909. The van der Waals surface area contributed by atoms with Gasteiger partial charge in [-0.15, -0.1) is 0 Å². The smallest absolute Gasteiger partial charge is 0.272 e. The molecule has 0 spiro atoms. The molecule has 0 atom stereocenters. The summed E-state index contributed by atoms with van der Waals surface area (Å²) in [5, 5.41) is 2.64. The number of rotatable bonds is 3. The molecule has 0 radical (unpaired) electrons. The van der Waals surface area contributed by atoms with Crippen LogP contribution < -0.4 is 20.9 Å². The van der Waals surface area contributed by atoms with Gasteiger partial charge < -0.3 is 10.1 Å². The molecule has 1 N–H and O–H groups in total. The van der Waals surface area contributed by atoms with Gasteiger partial charge >= 0.3 is 0 Å². The SMILES string of the molecule is COc1c(Nc2cccc(F)c2)c(=O)c1=O. The number of anilines is 2. The molecule has 0 bridgehead atoms. The highest BCUT2D eigenvalue weighted by atomic mass is 19.1. The Labute approximate surface area is 90.0 Å². The van der Waals surface area contributed by atoms with Gasteiger partial charge in [-0.05, 0) is 18.2 Å². The van der Waals surface area contributed by atoms with Gasteiger partial charge in [-0.2, -0.15) is 0 Å². The zero-order valence-electron chi connectivity index (χ0n) is 8.41. The quantitative estimate of drug-likeness (QED) is 0.790. The van der Waals surface area contributed by atoms with Crippen LogP contribution in [0, 0.1) is 5.82 Å². The first-order valence-electron chi connectivity index (χ1n) is 4.53. The molecule has 0 aliphatic rings. The maximum absolute atomic E-state index is 12.9. The summed E-state index contributed by atoms with van der Waals surface area (Å²) in [5.74, 6) is -0.447. The summed E-state index contributed by atoms with van der Waals surface area (Å²) >= 11 is 0. The Balaban J connectivity index is 2.32. The minimum absolute atomic E-state index is 0.0192. The van der Waals surface area contributed by atoms with Gasteiger partial charge in [0.1, 0.15) is 11.5 Å². The van der Waals surface area contributed by atoms with E-state index in [1.54, 1.807) is 6.07 Å². The lowest BCUT2D eigenvalue weighted by molar-refractivity contribution is 0.408. The van der Waals surface area contributed by atoms with Gasteiger partial charge in [0.05, 0.1) is 7.11 Å². The molecule has 2 aromatic rings. The van der Waals surface area contributed by atoms with E-state index in [4.69, 9.17) is 4.74 Å². The summed E-state index contributed by atoms with van der Waals surface area (Å²) in [6, 6.07) is 5.58. The number of hydrogen-bond donors (Lipinski definition) is 1. The molecule has 0 heterocycles. The van der Waals surface area contributed by atoms with Crippen molar-refractivity contribution in [3.63, 3.8) is 0 Å². The summed E-state index contributed by atoms with van der Waals surface area (Å²) in [6.45, 7) is 0. The predicted octanol–water partition coefficient (Wildman–Crippen LogP) is 1.17. The fourth-order valence-electron chi connectivity index (χ4n) is 1.39. The fourth-order valence-corrected chi connectivity index (χ4v) is 1.39. The van der Waals surface area contributed by atoms with E-state index >= 15 is 0 Å². The Kier molecular flexibility index (Phi) is 2.44. The number of halogens is 1. The Morgan fingerprint density at radius 1 is 1.25 bits per heavy atom. The van der Waals surface area contributed by atoms with E-state index in [1.807, 2.05) is 0 Å². The molecular formula is C11H8FNO3. The average molecular weight is 221 g/mol. The molecule has 16 heavy (non-hydrogen) atoms. The zero-order chi connectivity index (χ0) is 11.7. The summed E-state index contributed by atoms with van der Waals surface area (Å²) in [7, 11) is 1.30. The van der Waals surface area contributed by atoms with Crippen LogP contribution in [0.4, 0.5) is 15.8 Å². The molecule has 2 rings (SSSR count). The highest BCUT2D eigenvalue weighted by Crippen LogP contribution is 2.22. The number of hydrogen-bond acceptors (Lipinski definition) is 4. The third kappa shape index (κ3) is 1.56. The summed E-state index contributed by atoms with van der Waals surface area (Å²) in [4.78, 5) is 22.2. The van der Waals surface area contributed by atoms with Gasteiger partial charge in [-0.3, -0.25) is 9.59 Å². The van der Waals surface area contributed by atoms with Crippen LogP contribution in [0.5, 0.6) is 5.75 Å². The van der Waals surface area contributed by atoms with Crippen LogP contribution in [0.25, 0.3) is 0 Å². The average Bonchev–Trinajstić information content (AvgIpc) is 2.28. The molecule has 4 nitrogen and oxygen atoms in total. The standard InChI is InChI=1S/C11H8FNO3/c1-16-11-8(9(14)10(11)15)13-7-4-2-3-6(12)5-7/h2-5,13H,1H3. The second kappa shape index (κ2) is 3.77. The van der Waals surface area contributed by atoms with E-state index in [9.17, 15) is 14.0 Å². The largest absolute Gasteiger partial charge is 0.491 e. The summed E-state index contributed by atoms with van der Waals surface area (Å²) in [6.07, 6.45) is 0. The third-order valence-corrected chi connectivity index (χ3v) is 2.16. The monoisotopic (exact) mass is 221 g/mol. The van der Waals surface area contributed by atoms with Crippen LogP contribution in [-0.2, 0) is 0 Å². The number of nitrogens with one attached hydrogen (secondary N) is 1. The molecule has 0 unspecified atom stereocenters. The molecule has 82 valence electrons. The Hall–Kier alpha value is -2.17. The maximum Gasteiger partial charge on any atom is 0.272 e. The first-order valence-corrected chi connectivity index (χ1v) is 4.53. The molecule has 0 saturated carbocycles. The van der Waals surface area contributed by atoms with Gasteiger partial charge in [0.25, 0.3) is 10.9 Å². The van der Waals surface area contributed by atoms with E-state index in [0.717, 1.165) is 0 Å². The normalized spacial score (nSPS) is 10.4. The highest BCUT2D eigenvalue weighted by Gasteiger charge is 2.21. The summed E-state index contributed by atoms with van der Waals surface area (Å²) < 4.78 is 17.6. The van der Waals surface area contributed by atoms with E-state index in [-0.39, 0.29) is 11.4 Å². The van der Waals surface area contributed by atoms with Crippen molar-refractivity contribution in [1.82, 2.24) is 0 Å². The zero-order valence-corrected chi connectivity index (χ0v) is 8.41. The van der Waals surface area contributed by atoms with Crippen molar-refractivity contribution >= 4 is 11.4 Å². The maximum atomic E-state index is 12.9. The van der Waals surface area contributed by atoms with Crippen molar-refractivity contribution in [1.29, 1.82) is 0 Å². The van der Waals surface area contributed by atoms with Crippen molar-refractivity contribution < 1.29 is 9.13 Å². The Morgan fingerprint density at radius 3 is 2.62 bits per heavy atom. The van der Waals surface area contributed by atoms with E-state index in [1.165, 1.54) is 25.3 Å². The first-order chi connectivity index (χ1) is 7.63. The molecular weight excluding hydrogens is 213 g/mol. The van der Waals surface area contributed by atoms with Crippen LogP contribution in [0.3, 0.4) is 0 Å². The van der Waals surface area contributed by atoms with Crippen LogP contribution in [0.2, 0.25) is 0 Å². The van der Waals surface area contributed by atoms with Gasteiger partial charge in [0, 0.05) is 5.69 Å². The number of benzene rings is 1. The van der Waals surface area contributed by atoms with E-state index in [0.29, 0.717) is 5.69 Å². The van der Waals surface area contributed by atoms with Gasteiger partial charge in [-0.25, -0.2) is 4.39 Å². The molecule has 5 heteroatoms. The van der Waals surface area contributed by atoms with Gasteiger partial charge in [0.2, 0.25) is 0 Å². The predicted molar refractivity (Wildman–Crippen MR) is 57.6 cm³/mol. The van der Waals surface area contributed by atoms with Crippen molar-refractivity contribution in [3.8, 4) is 5.75 Å². The van der Waals surface area contributed by atoms with Crippen molar-refractivity contribution in [3.05, 3.63) is 50.5 Å². The van der Waals surface area contributed by atoms with Crippen molar-refractivity contribution in [2.45, 2.75) is 0 Å². The molecule has 0 amide bonds. The Bertz CT molecular complexity index is 599. The van der Waals surface area contributed by atoms with Gasteiger partial charge in [-0.1, -0.05) is 6.07 Å².